The summed E-state index contributed by atoms with van der Waals surface area (Å²) in [5.74, 6) is -0.191. The fourth-order valence-electron chi connectivity index (χ4n) is 0.863. The summed E-state index contributed by atoms with van der Waals surface area (Å²) < 4.78 is 1.37. The van der Waals surface area contributed by atoms with Gasteiger partial charge in [-0.1, -0.05) is 6.58 Å². The average Bonchev–Trinajstić information content (AvgIpc) is 2.41. The Hall–Kier alpha value is -0.260. The van der Waals surface area contributed by atoms with Crippen molar-refractivity contribution < 1.29 is 9.59 Å². The van der Waals surface area contributed by atoms with E-state index in [1.165, 1.54) is 11.3 Å². The number of carbonyl (C=O) groups excluding carboxylic acids is 2. The standard InChI is InChI=1S/C9H6Br2O2S/c1-4(2)7(13)8-5(3-12)6(10)9(11)14-8/h3H,1H2,2H3. The van der Waals surface area contributed by atoms with Crippen molar-refractivity contribution in [2.45, 2.75) is 6.92 Å². The van der Waals surface area contributed by atoms with Crippen LogP contribution in [-0.4, -0.2) is 12.1 Å². The Balaban J connectivity index is 3.35. The van der Waals surface area contributed by atoms with E-state index in [-0.39, 0.29) is 5.78 Å². The third-order valence-electron chi connectivity index (χ3n) is 1.56. The fourth-order valence-corrected chi connectivity index (χ4v) is 3.13. The Morgan fingerprint density at radius 2 is 2.07 bits per heavy atom. The van der Waals surface area contributed by atoms with Gasteiger partial charge in [0.2, 0.25) is 0 Å². The number of thiophene rings is 1. The first-order chi connectivity index (χ1) is 6.49. The van der Waals surface area contributed by atoms with Crippen molar-refractivity contribution in [2.24, 2.45) is 0 Å². The Kier molecular flexibility index (Phi) is 3.80. The minimum Gasteiger partial charge on any atom is -0.298 e. The lowest BCUT2D eigenvalue weighted by Gasteiger charge is -1.95. The number of ketones is 1. The normalized spacial score (nSPS) is 9.93. The van der Waals surface area contributed by atoms with Crippen molar-refractivity contribution in [1.82, 2.24) is 0 Å². The van der Waals surface area contributed by atoms with Gasteiger partial charge in [0.25, 0.3) is 0 Å². The Morgan fingerprint density at radius 1 is 1.50 bits per heavy atom. The molecule has 2 nitrogen and oxygen atoms in total. The van der Waals surface area contributed by atoms with Gasteiger partial charge >= 0.3 is 0 Å². The van der Waals surface area contributed by atoms with Crippen molar-refractivity contribution in [3.63, 3.8) is 0 Å². The maximum atomic E-state index is 11.6. The second-order valence-electron chi connectivity index (χ2n) is 2.66. The zero-order chi connectivity index (χ0) is 10.9. The molecule has 0 aliphatic heterocycles. The minimum atomic E-state index is -0.191. The molecule has 0 bridgehead atoms. The predicted octanol–water partition coefficient (Wildman–Crippen LogP) is 3.84. The summed E-state index contributed by atoms with van der Waals surface area (Å²) in [4.78, 5) is 22.8. The van der Waals surface area contributed by atoms with E-state index in [4.69, 9.17) is 0 Å². The van der Waals surface area contributed by atoms with Gasteiger partial charge in [0, 0.05) is 0 Å². The molecule has 0 aliphatic carbocycles. The number of carbonyl (C=O) groups is 2. The van der Waals surface area contributed by atoms with Gasteiger partial charge < -0.3 is 0 Å². The van der Waals surface area contributed by atoms with Crippen LogP contribution in [0.15, 0.2) is 20.4 Å². The molecule has 0 aliphatic rings. The number of rotatable bonds is 3. The van der Waals surface area contributed by atoms with E-state index in [0.29, 0.717) is 26.8 Å². The van der Waals surface area contributed by atoms with Gasteiger partial charge in [-0.15, -0.1) is 11.3 Å². The SMILES string of the molecule is C=C(C)C(=O)c1sc(Br)c(Br)c1C=O. The van der Waals surface area contributed by atoms with E-state index in [0.717, 1.165) is 3.79 Å². The van der Waals surface area contributed by atoms with Crippen LogP contribution in [0.1, 0.15) is 27.0 Å². The van der Waals surface area contributed by atoms with Crippen LogP contribution in [0, 0.1) is 0 Å². The largest absolute Gasteiger partial charge is 0.298 e. The molecular formula is C9H6Br2O2S. The van der Waals surface area contributed by atoms with Gasteiger partial charge in [0.15, 0.2) is 12.1 Å². The summed E-state index contributed by atoms with van der Waals surface area (Å²) in [6, 6.07) is 0. The Bertz CT molecular complexity index is 421. The maximum absolute atomic E-state index is 11.6. The highest BCUT2D eigenvalue weighted by molar-refractivity contribution is 9.13. The van der Waals surface area contributed by atoms with E-state index >= 15 is 0 Å². The quantitative estimate of drug-likeness (QED) is 0.477. The molecular weight excluding hydrogens is 332 g/mol. The molecule has 74 valence electrons. The number of Topliss-reactive ketones (excluding diaryl/α,β-unsaturated/α-hetero) is 1. The Morgan fingerprint density at radius 3 is 2.50 bits per heavy atom. The van der Waals surface area contributed by atoms with E-state index in [9.17, 15) is 9.59 Å². The van der Waals surface area contributed by atoms with Crippen LogP contribution in [0.4, 0.5) is 0 Å². The van der Waals surface area contributed by atoms with Gasteiger partial charge in [0.1, 0.15) is 0 Å². The second-order valence-corrected chi connectivity index (χ2v) is 5.79. The van der Waals surface area contributed by atoms with Gasteiger partial charge in [-0.3, -0.25) is 9.59 Å². The summed E-state index contributed by atoms with van der Waals surface area (Å²) in [7, 11) is 0. The molecule has 0 saturated carbocycles. The van der Waals surface area contributed by atoms with Crippen LogP contribution in [0.3, 0.4) is 0 Å². The highest BCUT2D eigenvalue weighted by Crippen LogP contribution is 2.37. The lowest BCUT2D eigenvalue weighted by atomic mass is 10.1. The van der Waals surface area contributed by atoms with Crippen LogP contribution in [0.5, 0.6) is 0 Å². The zero-order valence-corrected chi connectivity index (χ0v) is 11.3. The van der Waals surface area contributed by atoms with Gasteiger partial charge in [-0.05, 0) is 44.4 Å². The molecule has 0 N–H and O–H groups in total. The highest BCUT2D eigenvalue weighted by Gasteiger charge is 2.20. The van der Waals surface area contributed by atoms with E-state index < -0.39 is 0 Å². The van der Waals surface area contributed by atoms with Gasteiger partial charge in [-0.25, -0.2) is 0 Å². The third kappa shape index (κ3) is 2.04. The first-order valence-electron chi connectivity index (χ1n) is 3.62. The molecule has 0 atom stereocenters. The molecule has 1 rings (SSSR count). The zero-order valence-electron chi connectivity index (χ0n) is 7.27. The molecule has 1 aromatic rings. The molecule has 0 radical (unpaired) electrons. The van der Waals surface area contributed by atoms with Gasteiger partial charge in [-0.2, -0.15) is 0 Å². The lowest BCUT2D eigenvalue weighted by molar-refractivity contribution is 0.103. The summed E-state index contributed by atoms with van der Waals surface area (Å²) in [5, 5.41) is 0. The maximum Gasteiger partial charge on any atom is 0.198 e. The molecule has 1 heterocycles. The van der Waals surface area contributed by atoms with Crippen molar-refractivity contribution in [2.75, 3.05) is 0 Å². The summed E-state index contributed by atoms with van der Waals surface area (Å²) in [5.41, 5.74) is 0.809. The van der Waals surface area contributed by atoms with Crippen molar-refractivity contribution >= 4 is 55.3 Å². The van der Waals surface area contributed by atoms with Crippen LogP contribution < -0.4 is 0 Å². The smallest absolute Gasteiger partial charge is 0.198 e. The van der Waals surface area contributed by atoms with Crippen molar-refractivity contribution in [3.8, 4) is 0 Å². The molecule has 0 aromatic carbocycles. The molecule has 5 heteroatoms. The Labute approximate surface area is 102 Å². The summed E-state index contributed by atoms with van der Waals surface area (Å²) >= 11 is 7.72. The van der Waals surface area contributed by atoms with E-state index in [1.54, 1.807) is 6.92 Å². The molecule has 0 amide bonds. The van der Waals surface area contributed by atoms with Crippen LogP contribution in [0.25, 0.3) is 0 Å². The van der Waals surface area contributed by atoms with E-state index in [1.807, 2.05) is 0 Å². The van der Waals surface area contributed by atoms with Crippen molar-refractivity contribution in [1.29, 1.82) is 0 Å². The molecule has 0 unspecified atom stereocenters. The van der Waals surface area contributed by atoms with Crippen LogP contribution >= 0.6 is 43.2 Å². The summed E-state index contributed by atoms with van der Waals surface area (Å²) in [6.45, 7) is 5.18. The first kappa shape index (κ1) is 11.8. The molecule has 0 saturated heterocycles. The predicted molar refractivity (Wildman–Crippen MR) is 64.3 cm³/mol. The first-order valence-corrected chi connectivity index (χ1v) is 6.02. The lowest BCUT2D eigenvalue weighted by Crippen LogP contribution is -1.99. The second kappa shape index (κ2) is 4.51. The molecule has 14 heavy (non-hydrogen) atoms. The molecule has 0 spiro atoms. The number of allylic oxidation sites excluding steroid dienone is 1. The highest BCUT2D eigenvalue weighted by atomic mass is 79.9. The van der Waals surface area contributed by atoms with Gasteiger partial charge in [0.05, 0.1) is 18.7 Å². The van der Waals surface area contributed by atoms with E-state index in [2.05, 4.69) is 38.4 Å². The molecule has 1 aromatic heterocycles. The van der Waals surface area contributed by atoms with Crippen LogP contribution in [0.2, 0.25) is 0 Å². The number of aldehydes is 1. The topological polar surface area (TPSA) is 34.1 Å². The average molecular weight is 338 g/mol. The number of hydrogen-bond acceptors (Lipinski definition) is 3. The number of halogens is 2. The third-order valence-corrected chi connectivity index (χ3v) is 5.05. The molecule has 0 fully saturated rings. The minimum absolute atomic E-state index is 0.191. The van der Waals surface area contributed by atoms with Crippen LogP contribution in [-0.2, 0) is 0 Å². The van der Waals surface area contributed by atoms with Crippen molar-refractivity contribution in [3.05, 3.63) is 30.9 Å². The number of hydrogen-bond donors (Lipinski definition) is 0. The fraction of sp³-hybridized carbons (Fsp3) is 0.111. The monoisotopic (exact) mass is 336 g/mol. The summed E-state index contributed by atoms with van der Waals surface area (Å²) in [6.07, 6.45) is 0.668.